The van der Waals surface area contributed by atoms with Gasteiger partial charge in [0.05, 0.1) is 0 Å². The van der Waals surface area contributed by atoms with Crippen LogP contribution in [0.3, 0.4) is 0 Å². The van der Waals surface area contributed by atoms with E-state index in [1.54, 1.807) is 0 Å². The molecule has 0 radical (unpaired) electrons. The summed E-state index contributed by atoms with van der Waals surface area (Å²) >= 11 is 0. The summed E-state index contributed by atoms with van der Waals surface area (Å²) in [6.07, 6.45) is 3.70. The molecule has 2 nitrogen and oxygen atoms in total. The normalized spacial score (nSPS) is 13.1. The van der Waals surface area contributed by atoms with Gasteiger partial charge in [0.1, 0.15) is 0 Å². The number of hydrogen-bond acceptors (Lipinski definition) is 2. The minimum absolute atomic E-state index is 0. The largest absolute Gasteiger partial charge is 0.385 e. The number of benzene rings is 2. The second-order valence-corrected chi connectivity index (χ2v) is 8.85. The highest BCUT2D eigenvalue weighted by atomic mass is 14.9. The topological polar surface area (TPSA) is 24.1 Å². The molecule has 172 valence electrons. The molecule has 0 unspecified atom stereocenters. The first-order valence-corrected chi connectivity index (χ1v) is 11.0. The summed E-state index contributed by atoms with van der Waals surface area (Å²) in [6.45, 7) is 16.3. The molecule has 30 heavy (non-hydrogen) atoms. The van der Waals surface area contributed by atoms with Crippen LogP contribution in [0.1, 0.15) is 79.5 Å². The van der Waals surface area contributed by atoms with Crippen LogP contribution in [0.4, 0.5) is 5.69 Å². The number of nitrogens with one attached hydrogen (secondary N) is 2. The fourth-order valence-corrected chi connectivity index (χ4v) is 2.83. The molecule has 0 aromatic heterocycles. The van der Waals surface area contributed by atoms with Crippen molar-refractivity contribution in [1.82, 2.24) is 5.32 Å². The molecule has 0 bridgehead atoms. The Labute approximate surface area is 188 Å². The lowest BCUT2D eigenvalue weighted by molar-refractivity contribution is 0.644. The molecule has 2 aliphatic heterocycles. The number of hydrogen-bond donors (Lipinski definition) is 2. The maximum absolute atomic E-state index is 3.36. The molecule has 2 heteroatoms. The second kappa shape index (κ2) is 18.0. The Morgan fingerprint density at radius 2 is 1.13 bits per heavy atom. The van der Waals surface area contributed by atoms with Crippen LogP contribution in [0.15, 0.2) is 48.5 Å². The lowest BCUT2D eigenvalue weighted by atomic mass is 10.0. The predicted molar refractivity (Wildman–Crippen MR) is 140 cm³/mol. The van der Waals surface area contributed by atoms with Crippen molar-refractivity contribution in [3.05, 3.63) is 65.2 Å². The molecule has 2 aliphatic rings. The van der Waals surface area contributed by atoms with Gasteiger partial charge in [-0.15, -0.1) is 0 Å². The van der Waals surface area contributed by atoms with E-state index in [1.807, 2.05) is 0 Å². The average molecular weight is 415 g/mol. The predicted octanol–water partition coefficient (Wildman–Crippen LogP) is 7.97. The summed E-state index contributed by atoms with van der Waals surface area (Å²) in [7, 11) is 0. The van der Waals surface area contributed by atoms with Crippen molar-refractivity contribution < 1.29 is 0 Å². The van der Waals surface area contributed by atoms with Gasteiger partial charge in [0.25, 0.3) is 0 Å². The van der Waals surface area contributed by atoms with Gasteiger partial charge in [0.15, 0.2) is 0 Å². The number of anilines is 1. The van der Waals surface area contributed by atoms with E-state index < -0.39 is 0 Å². The van der Waals surface area contributed by atoms with Gasteiger partial charge in [-0.1, -0.05) is 98.9 Å². The van der Waals surface area contributed by atoms with Gasteiger partial charge in [0, 0.05) is 18.8 Å². The maximum Gasteiger partial charge on any atom is 0.0372 e. The van der Waals surface area contributed by atoms with E-state index in [4.69, 9.17) is 0 Å². The Morgan fingerprint density at radius 3 is 1.67 bits per heavy atom. The van der Waals surface area contributed by atoms with Crippen LogP contribution in [0, 0.1) is 11.8 Å². The lowest BCUT2D eigenvalue weighted by Gasteiger charge is -2.16. The smallest absolute Gasteiger partial charge is 0.0372 e. The summed E-state index contributed by atoms with van der Waals surface area (Å²) < 4.78 is 0. The maximum atomic E-state index is 3.36. The van der Waals surface area contributed by atoms with Crippen LogP contribution >= 0.6 is 0 Å². The monoisotopic (exact) mass is 414 g/mol. The van der Waals surface area contributed by atoms with Crippen LogP contribution in [0.5, 0.6) is 0 Å². The van der Waals surface area contributed by atoms with E-state index in [1.165, 1.54) is 41.6 Å². The van der Waals surface area contributed by atoms with E-state index >= 15 is 0 Å². The van der Waals surface area contributed by atoms with Crippen molar-refractivity contribution in [3.8, 4) is 0 Å². The van der Waals surface area contributed by atoms with Crippen LogP contribution in [-0.4, -0.2) is 13.1 Å². The Kier molecular flexibility index (Phi) is 18.2. The minimum Gasteiger partial charge on any atom is -0.385 e. The fraction of sp³-hybridized carbons (Fsp3) is 0.571. The van der Waals surface area contributed by atoms with Gasteiger partial charge in [0.2, 0.25) is 0 Å². The summed E-state index contributed by atoms with van der Waals surface area (Å²) in [4.78, 5) is 0. The number of aryl methyl sites for hydroxylation is 1. The van der Waals surface area contributed by atoms with E-state index in [0.29, 0.717) is 0 Å². The van der Waals surface area contributed by atoms with Gasteiger partial charge in [-0.2, -0.15) is 0 Å². The third-order valence-corrected chi connectivity index (χ3v) is 3.96. The average Bonchev–Trinajstić information content (AvgIpc) is 2.68. The summed E-state index contributed by atoms with van der Waals surface area (Å²) in [5, 5.41) is 6.70. The lowest BCUT2D eigenvalue weighted by Crippen LogP contribution is -2.23. The van der Waals surface area contributed by atoms with E-state index in [-0.39, 0.29) is 14.9 Å². The molecule has 0 fully saturated rings. The standard InChI is InChI=1S/2C9H11N.2C4H10.2CH4/c1-2-6-9-8(4-1)5-3-7-10-9;1-2-4-9-7-10-6-5-8(9)3-1;2*1-4(2)3;;/h1-2,4,6,10H,3,5,7H2;1-4,10H,5-7H2;2*4H,1-3H3;2*1H4. The van der Waals surface area contributed by atoms with Crippen molar-refractivity contribution in [2.75, 3.05) is 18.4 Å². The van der Waals surface area contributed by atoms with Gasteiger partial charge in [-0.25, -0.2) is 0 Å². The molecule has 2 N–H and O–H groups in total. The molecule has 2 aromatic carbocycles. The summed E-state index contributed by atoms with van der Waals surface area (Å²) in [5.74, 6) is 1.67. The Morgan fingerprint density at radius 1 is 0.633 bits per heavy atom. The first kappa shape index (κ1) is 30.4. The number of fused-ring (bicyclic) bond motifs is 2. The molecular formula is C28H50N2. The SMILES string of the molecule is C.C.CC(C)C.CC(C)C.c1ccc2c(c1)CCCN2.c1ccc2c(c1)CCNC2. The zero-order chi connectivity index (χ0) is 20.8. The first-order chi connectivity index (χ1) is 13.4. The van der Waals surface area contributed by atoms with Crippen molar-refractivity contribution in [3.63, 3.8) is 0 Å². The molecule has 2 aromatic rings. The zero-order valence-electron chi connectivity index (χ0n) is 19.0. The van der Waals surface area contributed by atoms with Gasteiger partial charge in [-0.3, -0.25) is 0 Å². The van der Waals surface area contributed by atoms with Gasteiger partial charge in [-0.05, 0) is 60.4 Å². The summed E-state index contributed by atoms with van der Waals surface area (Å²) in [6, 6.07) is 17.2. The van der Waals surface area contributed by atoms with Crippen molar-refractivity contribution in [1.29, 1.82) is 0 Å². The van der Waals surface area contributed by atoms with Crippen molar-refractivity contribution >= 4 is 5.69 Å². The molecule has 4 rings (SSSR count). The third-order valence-electron chi connectivity index (χ3n) is 3.96. The van der Waals surface area contributed by atoms with Crippen LogP contribution in [0.2, 0.25) is 0 Å². The fourth-order valence-electron chi connectivity index (χ4n) is 2.83. The van der Waals surface area contributed by atoms with Gasteiger partial charge >= 0.3 is 0 Å². The molecule has 2 heterocycles. The number of para-hydroxylation sites is 1. The van der Waals surface area contributed by atoms with Crippen LogP contribution in [-0.2, 0) is 19.4 Å². The van der Waals surface area contributed by atoms with Crippen LogP contribution in [0.25, 0.3) is 0 Å². The first-order valence-electron chi connectivity index (χ1n) is 11.0. The molecule has 0 saturated carbocycles. The van der Waals surface area contributed by atoms with E-state index in [0.717, 1.165) is 31.5 Å². The zero-order valence-corrected chi connectivity index (χ0v) is 19.0. The highest BCUT2D eigenvalue weighted by Gasteiger charge is 2.05. The highest BCUT2D eigenvalue weighted by Crippen LogP contribution is 2.20. The molecular weight excluding hydrogens is 364 g/mol. The quantitative estimate of drug-likeness (QED) is 0.456. The van der Waals surface area contributed by atoms with Crippen LogP contribution < -0.4 is 10.6 Å². The third kappa shape index (κ3) is 14.2. The molecule has 0 amide bonds. The summed E-state index contributed by atoms with van der Waals surface area (Å²) in [5.41, 5.74) is 5.78. The Balaban J connectivity index is 0. The Hall–Kier alpha value is -1.80. The molecule has 0 spiro atoms. The van der Waals surface area contributed by atoms with E-state index in [9.17, 15) is 0 Å². The molecule has 0 aliphatic carbocycles. The molecule has 0 saturated heterocycles. The highest BCUT2D eigenvalue weighted by molar-refractivity contribution is 5.52. The van der Waals surface area contributed by atoms with Crippen molar-refractivity contribution in [2.45, 2.75) is 82.2 Å². The van der Waals surface area contributed by atoms with Gasteiger partial charge < -0.3 is 10.6 Å². The number of rotatable bonds is 0. The minimum atomic E-state index is 0. The second-order valence-electron chi connectivity index (χ2n) is 8.85. The van der Waals surface area contributed by atoms with Crippen molar-refractivity contribution in [2.24, 2.45) is 11.8 Å². The Bertz CT molecular complexity index is 534. The van der Waals surface area contributed by atoms with E-state index in [2.05, 4.69) is 101 Å². The molecule has 0 atom stereocenters.